The molecule has 178 valence electrons. The molecule has 0 aromatic heterocycles. The maximum atomic E-state index is 13.7. The van der Waals surface area contributed by atoms with Crippen LogP contribution in [0.3, 0.4) is 0 Å². The Morgan fingerprint density at radius 1 is 1.09 bits per heavy atom. The first-order chi connectivity index (χ1) is 16.4. The molecule has 0 aliphatic carbocycles. The lowest BCUT2D eigenvalue weighted by Crippen LogP contribution is -2.49. The molecule has 6 nitrogen and oxygen atoms in total. The number of ether oxygens (including phenoxy) is 1. The lowest BCUT2D eigenvalue weighted by Gasteiger charge is -2.46. The molecule has 0 spiro atoms. The van der Waals surface area contributed by atoms with E-state index in [2.05, 4.69) is 65.2 Å². The Morgan fingerprint density at radius 2 is 1.88 bits per heavy atom. The van der Waals surface area contributed by atoms with Crippen molar-refractivity contribution >= 4 is 23.4 Å². The Morgan fingerprint density at radius 3 is 2.59 bits per heavy atom. The molecule has 3 aliphatic heterocycles. The minimum Gasteiger partial charge on any atom is -0.495 e. The summed E-state index contributed by atoms with van der Waals surface area (Å²) in [5.74, 6) is 0.980. The number of allylic oxidation sites excluding steroid dienone is 1. The number of nitrogen functional groups attached to an aromatic ring is 1. The highest BCUT2D eigenvalue weighted by atomic mass is 16.5. The summed E-state index contributed by atoms with van der Waals surface area (Å²) in [4.78, 5) is 20.2. The standard InChI is InChI=1S/C28H34N4O2/c1-19-17-31(18-30(19)2)26-14-7-20(16-27(26)34-3)15-22-10-13-24-5-4-6-25(32(24)28(22)33)21-8-11-23(29)12-9-21/h7-9,11-12,14-17,24-25H,4-6,10,13,18,29H2,1-3H3/b22-15+/t24-,25?/m1/s1. The predicted molar refractivity (Wildman–Crippen MR) is 137 cm³/mol. The first-order valence-corrected chi connectivity index (χ1v) is 12.2. The summed E-state index contributed by atoms with van der Waals surface area (Å²) in [7, 11) is 3.78. The SMILES string of the molecule is COc1cc(/C=C2\CC[C@H]3CCCC(c4ccc(N)cc4)N3C2=O)ccc1N1C=C(C)N(C)C1. The fourth-order valence-electron chi connectivity index (χ4n) is 5.52. The molecule has 2 atom stereocenters. The van der Waals surface area contributed by atoms with E-state index in [1.54, 1.807) is 7.11 Å². The Kier molecular flexibility index (Phi) is 5.98. The van der Waals surface area contributed by atoms with Crippen LogP contribution < -0.4 is 15.4 Å². The van der Waals surface area contributed by atoms with E-state index < -0.39 is 0 Å². The largest absolute Gasteiger partial charge is 0.495 e. The highest BCUT2D eigenvalue weighted by Crippen LogP contribution is 2.41. The quantitative estimate of drug-likeness (QED) is 0.507. The van der Waals surface area contributed by atoms with Gasteiger partial charge in [0.15, 0.2) is 0 Å². The van der Waals surface area contributed by atoms with Crippen LogP contribution in [0.5, 0.6) is 5.75 Å². The maximum Gasteiger partial charge on any atom is 0.250 e. The Balaban J connectivity index is 1.41. The van der Waals surface area contributed by atoms with Crippen molar-refractivity contribution in [2.75, 3.05) is 31.5 Å². The zero-order valence-electron chi connectivity index (χ0n) is 20.3. The number of piperidine rings is 2. The van der Waals surface area contributed by atoms with Crippen LogP contribution in [0, 0.1) is 0 Å². The third kappa shape index (κ3) is 4.13. The van der Waals surface area contributed by atoms with Crippen LogP contribution >= 0.6 is 0 Å². The number of fused-ring (bicyclic) bond motifs is 1. The third-order valence-electron chi connectivity index (χ3n) is 7.48. The Labute approximate surface area is 202 Å². The molecule has 5 rings (SSSR count). The molecule has 2 aromatic carbocycles. The van der Waals surface area contributed by atoms with Gasteiger partial charge in [0.05, 0.1) is 25.5 Å². The van der Waals surface area contributed by atoms with Gasteiger partial charge in [0.25, 0.3) is 5.91 Å². The van der Waals surface area contributed by atoms with Gasteiger partial charge in [0.2, 0.25) is 0 Å². The van der Waals surface area contributed by atoms with E-state index in [0.717, 1.165) is 67.0 Å². The molecule has 3 aliphatic rings. The monoisotopic (exact) mass is 458 g/mol. The van der Waals surface area contributed by atoms with Gasteiger partial charge in [-0.1, -0.05) is 18.2 Å². The minimum atomic E-state index is 0.120. The number of hydrogen-bond acceptors (Lipinski definition) is 5. The zero-order valence-corrected chi connectivity index (χ0v) is 20.3. The molecule has 2 saturated heterocycles. The molecule has 0 radical (unpaired) electrons. The third-order valence-corrected chi connectivity index (χ3v) is 7.48. The maximum absolute atomic E-state index is 13.7. The Bertz CT molecular complexity index is 1140. The van der Waals surface area contributed by atoms with Crippen molar-refractivity contribution in [3.05, 3.63) is 71.1 Å². The molecule has 3 heterocycles. The van der Waals surface area contributed by atoms with Crippen LogP contribution in [0.25, 0.3) is 6.08 Å². The number of amides is 1. The van der Waals surface area contributed by atoms with E-state index in [-0.39, 0.29) is 11.9 Å². The van der Waals surface area contributed by atoms with Crippen molar-refractivity contribution in [3.63, 3.8) is 0 Å². The van der Waals surface area contributed by atoms with Gasteiger partial charge in [-0.25, -0.2) is 0 Å². The summed E-state index contributed by atoms with van der Waals surface area (Å²) in [6, 6.07) is 14.7. The Hall–Kier alpha value is -3.41. The van der Waals surface area contributed by atoms with Crippen LogP contribution in [0.2, 0.25) is 0 Å². The second-order valence-corrected chi connectivity index (χ2v) is 9.70. The lowest BCUT2D eigenvalue weighted by molar-refractivity contribution is -0.136. The van der Waals surface area contributed by atoms with Crippen LogP contribution in [-0.2, 0) is 4.79 Å². The van der Waals surface area contributed by atoms with Gasteiger partial charge in [-0.2, -0.15) is 0 Å². The van der Waals surface area contributed by atoms with E-state index in [9.17, 15) is 4.79 Å². The number of anilines is 2. The van der Waals surface area contributed by atoms with E-state index >= 15 is 0 Å². The number of methoxy groups -OCH3 is 1. The normalized spacial score (nSPS) is 23.9. The highest BCUT2D eigenvalue weighted by Gasteiger charge is 2.39. The zero-order chi connectivity index (χ0) is 23.8. The number of carbonyl (C=O) groups is 1. The molecule has 6 heteroatoms. The molecule has 0 saturated carbocycles. The topological polar surface area (TPSA) is 62.0 Å². The van der Waals surface area contributed by atoms with Gasteiger partial charge in [-0.05, 0) is 80.5 Å². The number of carbonyl (C=O) groups excluding carboxylic acids is 1. The number of nitrogens with two attached hydrogens (primary N) is 1. The fraction of sp³-hybridized carbons (Fsp3) is 0.393. The van der Waals surface area contributed by atoms with Crippen molar-refractivity contribution < 1.29 is 9.53 Å². The summed E-state index contributed by atoms with van der Waals surface area (Å²) in [5.41, 5.74) is 12.0. The predicted octanol–water partition coefficient (Wildman–Crippen LogP) is 5.15. The lowest BCUT2D eigenvalue weighted by atomic mass is 9.84. The summed E-state index contributed by atoms with van der Waals surface area (Å²) >= 11 is 0. The van der Waals surface area contributed by atoms with Crippen LogP contribution in [0.4, 0.5) is 11.4 Å². The molecule has 1 unspecified atom stereocenters. The van der Waals surface area contributed by atoms with E-state index in [1.165, 1.54) is 11.3 Å². The van der Waals surface area contributed by atoms with Crippen LogP contribution in [0.1, 0.15) is 56.2 Å². The molecular weight excluding hydrogens is 424 g/mol. The number of hydrogen-bond donors (Lipinski definition) is 1. The smallest absolute Gasteiger partial charge is 0.250 e. The first kappa shape index (κ1) is 22.4. The number of benzene rings is 2. The van der Waals surface area contributed by atoms with Crippen molar-refractivity contribution in [1.82, 2.24) is 9.80 Å². The van der Waals surface area contributed by atoms with Crippen molar-refractivity contribution in [3.8, 4) is 5.75 Å². The van der Waals surface area contributed by atoms with Gasteiger partial charge in [-0.3, -0.25) is 4.79 Å². The van der Waals surface area contributed by atoms with Crippen LogP contribution in [0.15, 0.2) is 59.9 Å². The van der Waals surface area contributed by atoms with Gasteiger partial charge in [-0.15, -0.1) is 0 Å². The average Bonchev–Trinajstić information content (AvgIpc) is 3.18. The first-order valence-electron chi connectivity index (χ1n) is 12.2. The van der Waals surface area contributed by atoms with Crippen molar-refractivity contribution in [1.29, 1.82) is 0 Å². The average molecular weight is 459 g/mol. The minimum absolute atomic E-state index is 0.120. The molecule has 2 N–H and O–H groups in total. The summed E-state index contributed by atoms with van der Waals surface area (Å²) in [5, 5.41) is 0. The summed E-state index contributed by atoms with van der Waals surface area (Å²) < 4.78 is 5.73. The van der Waals surface area contributed by atoms with Crippen molar-refractivity contribution in [2.45, 2.75) is 51.1 Å². The van der Waals surface area contributed by atoms with Gasteiger partial charge >= 0.3 is 0 Å². The summed E-state index contributed by atoms with van der Waals surface area (Å²) in [6.07, 6.45) is 9.26. The van der Waals surface area contributed by atoms with E-state index in [0.29, 0.717) is 6.04 Å². The van der Waals surface area contributed by atoms with Crippen LogP contribution in [-0.4, -0.2) is 42.6 Å². The molecule has 0 bridgehead atoms. The second-order valence-electron chi connectivity index (χ2n) is 9.70. The van der Waals surface area contributed by atoms with Gasteiger partial charge < -0.3 is 25.2 Å². The molecule has 2 fully saturated rings. The van der Waals surface area contributed by atoms with Crippen molar-refractivity contribution in [2.24, 2.45) is 0 Å². The summed E-state index contributed by atoms with van der Waals surface area (Å²) in [6.45, 7) is 2.90. The molecule has 34 heavy (non-hydrogen) atoms. The van der Waals surface area contributed by atoms with E-state index in [4.69, 9.17) is 10.5 Å². The van der Waals surface area contributed by atoms with Gasteiger partial charge in [0, 0.05) is 36.2 Å². The fourth-order valence-corrected chi connectivity index (χ4v) is 5.52. The van der Waals surface area contributed by atoms with Gasteiger partial charge in [0.1, 0.15) is 5.75 Å². The van der Waals surface area contributed by atoms with E-state index in [1.807, 2.05) is 18.2 Å². The highest BCUT2D eigenvalue weighted by molar-refractivity contribution is 5.99. The number of rotatable bonds is 4. The molecular formula is C28H34N4O2. The molecule has 2 aromatic rings. The molecule has 1 amide bonds. The number of nitrogens with zero attached hydrogens (tertiary/aromatic N) is 3. The second kappa shape index (κ2) is 9.09.